The maximum atomic E-state index is 13.5. The van der Waals surface area contributed by atoms with E-state index in [-0.39, 0.29) is 5.82 Å². The molecule has 1 aliphatic heterocycles. The number of halogens is 2. The Morgan fingerprint density at radius 3 is 2.71 bits per heavy atom. The molecule has 92 valence electrons. The van der Waals surface area contributed by atoms with Gasteiger partial charge < -0.3 is 5.32 Å². The van der Waals surface area contributed by atoms with Gasteiger partial charge in [-0.1, -0.05) is 19.3 Å². The van der Waals surface area contributed by atoms with Gasteiger partial charge in [0.05, 0.1) is 5.69 Å². The van der Waals surface area contributed by atoms with E-state index in [1.165, 1.54) is 37.7 Å². The number of fused-ring (bicyclic) bond motifs is 1. The molecule has 0 saturated heterocycles. The van der Waals surface area contributed by atoms with Crippen LogP contribution in [0.2, 0.25) is 0 Å². The van der Waals surface area contributed by atoms with Gasteiger partial charge in [-0.25, -0.2) is 4.39 Å². The van der Waals surface area contributed by atoms with Crippen molar-refractivity contribution < 1.29 is 4.39 Å². The zero-order valence-corrected chi connectivity index (χ0v) is 11.4. The minimum absolute atomic E-state index is 0.125. The molecule has 1 N–H and O–H groups in total. The molecule has 17 heavy (non-hydrogen) atoms. The van der Waals surface area contributed by atoms with Crippen molar-refractivity contribution in [1.29, 1.82) is 0 Å². The van der Waals surface area contributed by atoms with E-state index >= 15 is 0 Å². The number of anilines is 1. The monoisotopic (exact) mass is 297 g/mol. The third-order valence-corrected chi connectivity index (χ3v) is 4.83. The molecule has 0 radical (unpaired) electrons. The first-order valence-corrected chi connectivity index (χ1v) is 7.28. The van der Waals surface area contributed by atoms with Crippen LogP contribution >= 0.6 is 15.9 Å². The van der Waals surface area contributed by atoms with Gasteiger partial charge in [0.2, 0.25) is 0 Å². The molecule has 1 aromatic carbocycles. The second kappa shape index (κ2) is 4.60. The highest BCUT2D eigenvalue weighted by Crippen LogP contribution is 2.45. The van der Waals surface area contributed by atoms with Crippen LogP contribution < -0.4 is 5.32 Å². The summed E-state index contributed by atoms with van der Waals surface area (Å²) in [5.74, 6) is 1.13. The van der Waals surface area contributed by atoms with Crippen molar-refractivity contribution in [1.82, 2.24) is 0 Å². The lowest BCUT2D eigenvalue weighted by Gasteiger charge is -2.27. The third-order valence-electron chi connectivity index (χ3n) is 4.20. The standard InChI is InChI=1S/C14H17BrFN/c15-13-7-10(16)6-11-12(8-17-14(11)13)9-4-2-1-3-5-9/h6-7,9,12,17H,1-5,8H2. The first kappa shape index (κ1) is 11.5. The Morgan fingerprint density at radius 2 is 1.94 bits per heavy atom. The van der Waals surface area contributed by atoms with Crippen molar-refractivity contribution in [2.45, 2.75) is 38.0 Å². The Hall–Kier alpha value is -0.570. The van der Waals surface area contributed by atoms with Crippen LogP contribution in [0.4, 0.5) is 10.1 Å². The fourth-order valence-electron chi connectivity index (χ4n) is 3.35. The van der Waals surface area contributed by atoms with Crippen LogP contribution in [-0.2, 0) is 0 Å². The van der Waals surface area contributed by atoms with E-state index in [1.807, 2.05) is 0 Å². The molecule has 0 amide bonds. The lowest BCUT2D eigenvalue weighted by molar-refractivity contribution is 0.315. The number of benzene rings is 1. The molecular formula is C14H17BrFN. The maximum absolute atomic E-state index is 13.5. The Balaban J connectivity index is 1.92. The quantitative estimate of drug-likeness (QED) is 0.794. The zero-order chi connectivity index (χ0) is 11.8. The van der Waals surface area contributed by atoms with Crippen LogP contribution in [0.5, 0.6) is 0 Å². The smallest absolute Gasteiger partial charge is 0.124 e. The fraction of sp³-hybridized carbons (Fsp3) is 0.571. The Labute approximate surface area is 110 Å². The van der Waals surface area contributed by atoms with Crippen LogP contribution in [0.25, 0.3) is 0 Å². The molecule has 1 unspecified atom stereocenters. The zero-order valence-electron chi connectivity index (χ0n) is 9.81. The van der Waals surface area contributed by atoms with Crippen LogP contribution in [0.15, 0.2) is 16.6 Å². The topological polar surface area (TPSA) is 12.0 Å². The van der Waals surface area contributed by atoms with E-state index in [1.54, 1.807) is 12.1 Å². The van der Waals surface area contributed by atoms with Gasteiger partial charge in [0.1, 0.15) is 5.82 Å². The van der Waals surface area contributed by atoms with Gasteiger partial charge in [0, 0.05) is 16.9 Å². The van der Waals surface area contributed by atoms with Gasteiger partial charge in [-0.15, -0.1) is 0 Å². The molecule has 0 bridgehead atoms. The average molecular weight is 298 g/mol. The molecule has 3 heteroatoms. The van der Waals surface area contributed by atoms with Gasteiger partial charge in [0.25, 0.3) is 0 Å². The molecule has 3 rings (SSSR count). The summed E-state index contributed by atoms with van der Waals surface area (Å²) in [6.45, 7) is 0.974. The van der Waals surface area contributed by atoms with Gasteiger partial charge in [0.15, 0.2) is 0 Å². The lowest BCUT2D eigenvalue weighted by atomic mass is 9.78. The molecule has 1 atom stereocenters. The summed E-state index contributed by atoms with van der Waals surface area (Å²) in [4.78, 5) is 0. The highest BCUT2D eigenvalue weighted by atomic mass is 79.9. The summed E-state index contributed by atoms with van der Waals surface area (Å²) in [5.41, 5.74) is 2.30. The second-order valence-electron chi connectivity index (χ2n) is 5.24. The molecule has 2 aliphatic rings. The van der Waals surface area contributed by atoms with E-state index < -0.39 is 0 Å². The normalized spacial score (nSPS) is 24.5. The summed E-state index contributed by atoms with van der Waals surface area (Å²) in [5, 5.41) is 3.43. The summed E-state index contributed by atoms with van der Waals surface area (Å²) >= 11 is 3.45. The minimum Gasteiger partial charge on any atom is -0.383 e. The van der Waals surface area contributed by atoms with Crippen molar-refractivity contribution in [3.8, 4) is 0 Å². The molecule has 1 nitrogen and oxygen atoms in total. The Morgan fingerprint density at radius 1 is 1.18 bits per heavy atom. The lowest BCUT2D eigenvalue weighted by Crippen LogP contribution is -2.17. The maximum Gasteiger partial charge on any atom is 0.124 e. The van der Waals surface area contributed by atoms with E-state index in [9.17, 15) is 4.39 Å². The summed E-state index contributed by atoms with van der Waals surface area (Å²) in [7, 11) is 0. The summed E-state index contributed by atoms with van der Waals surface area (Å²) in [6.07, 6.45) is 6.66. The van der Waals surface area contributed by atoms with Gasteiger partial charge in [-0.2, -0.15) is 0 Å². The van der Waals surface area contributed by atoms with Crippen molar-refractivity contribution in [3.05, 3.63) is 28.0 Å². The average Bonchev–Trinajstić information content (AvgIpc) is 2.74. The Kier molecular flexibility index (Phi) is 3.12. The largest absolute Gasteiger partial charge is 0.383 e. The van der Waals surface area contributed by atoms with Gasteiger partial charge >= 0.3 is 0 Å². The van der Waals surface area contributed by atoms with Crippen molar-refractivity contribution in [2.24, 2.45) is 5.92 Å². The predicted molar refractivity (Wildman–Crippen MR) is 71.9 cm³/mol. The summed E-state index contributed by atoms with van der Waals surface area (Å²) < 4.78 is 14.4. The van der Waals surface area contributed by atoms with Crippen LogP contribution in [0.1, 0.15) is 43.6 Å². The molecule has 1 heterocycles. The molecule has 1 fully saturated rings. The SMILES string of the molecule is Fc1cc(Br)c2c(c1)C(C1CCCCC1)CN2. The highest BCUT2D eigenvalue weighted by Gasteiger charge is 2.32. The summed E-state index contributed by atoms with van der Waals surface area (Å²) in [6, 6.07) is 3.27. The van der Waals surface area contributed by atoms with Gasteiger partial charge in [-0.05, 0) is 52.4 Å². The third kappa shape index (κ3) is 2.10. The second-order valence-corrected chi connectivity index (χ2v) is 6.09. The first-order chi connectivity index (χ1) is 8.25. The van der Waals surface area contributed by atoms with E-state index in [2.05, 4.69) is 21.2 Å². The number of nitrogens with one attached hydrogen (secondary N) is 1. The van der Waals surface area contributed by atoms with E-state index in [0.29, 0.717) is 5.92 Å². The minimum atomic E-state index is -0.125. The molecule has 1 aromatic rings. The van der Waals surface area contributed by atoms with Crippen molar-refractivity contribution >= 4 is 21.6 Å². The van der Waals surface area contributed by atoms with Crippen molar-refractivity contribution in [3.63, 3.8) is 0 Å². The van der Waals surface area contributed by atoms with Gasteiger partial charge in [-0.3, -0.25) is 0 Å². The van der Waals surface area contributed by atoms with E-state index in [4.69, 9.17) is 0 Å². The molecule has 0 spiro atoms. The number of hydrogen-bond donors (Lipinski definition) is 1. The van der Waals surface area contributed by atoms with E-state index in [0.717, 1.165) is 22.6 Å². The fourth-order valence-corrected chi connectivity index (χ4v) is 3.94. The van der Waals surface area contributed by atoms with Crippen molar-refractivity contribution in [2.75, 3.05) is 11.9 Å². The molecular weight excluding hydrogens is 281 g/mol. The van der Waals surface area contributed by atoms with Crippen LogP contribution in [0.3, 0.4) is 0 Å². The highest BCUT2D eigenvalue weighted by molar-refractivity contribution is 9.10. The van der Waals surface area contributed by atoms with Crippen LogP contribution in [0, 0.1) is 11.7 Å². The Bertz CT molecular complexity index is 426. The predicted octanol–water partition coefficient (Wildman–Crippen LogP) is 4.68. The number of rotatable bonds is 1. The number of hydrogen-bond acceptors (Lipinski definition) is 1. The van der Waals surface area contributed by atoms with Crippen LogP contribution in [-0.4, -0.2) is 6.54 Å². The first-order valence-electron chi connectivity index (χ1n) is 6.48. The molecule has 0 aromatic heterocycles. The molecule has 1 saturated carbocycles. The molecule has 1 aliphatic carbocycles.